The standard InChI is InChI=1S/C11H23PSi/c1-13(2,3)12-10-6-4-7-11(12)9-5-8-10/h10-11H,4-9H2,1-3H3. The third kappa shape index (κ3) is 2.02. The van der Waals surface area contributed by atoms with Crippen molar-refractivity contribution in [2.75, 3.05) is 0 Å². The molecule has 2 fully saturated rings. The minimum atomic E-state index is -0.787. The van der Waals surface area contributed by atoms with Crippen LogP contribution >= 0.6 is 7.47 Å². The number of hydrogen-bond acceptors (Lipinski definition) is 0. The molecule has 2 rings (SSSR count). The molecule has 0 aromatic carbocycles. The Morgan fingerprint density at radius 3 is 1.46 bits per heavy atom. The second-order valence-electron chi connectivity index (χ2n) is 5.75. The second-order valence-corrected chi connectivity index (χ2v) is 17.9. The van der Waals surface area contributed by atoms with Gasteiger partial charge in [0.2, 0.25) is 0 Å². The topological polar surface area (TPSA) is 0 Å². The molecule has 0 spiro atoms. The molecular weight excluding hydrogens is 191 g/mol. The van der Waals surface area contributed by atoms with Crippen LogP contribution in [0.4, 0.5) is 0 Å². The molecule has 0 aromatic heterocycles. The minimum absolute atomic E-state index is 0.488. The van der Waals surface area contributed by atoms with Crippen LogP contribution in [0.1, 0.15) is 38.5 Å². The van der Waals surface area contributed by atoms with Crippen LogP contribution in [0, 0.1) is 0 Å². The summed E-state index contributed by atoms with van der Waals surface area (Å²) in [6.45, 7) is 7.86. The van der Waals surface area contributed by atoms with E-state index in [2.05, 4.69) is 19.6 Å². The van der Waals surface area contributed by atoms with Gasteiger partial charge in [0, 0.05) is 0 Å². The van der Waals surface area contributed by atoms with Gasteiger partial charge in [-0.25, -0.2) is 0 Å². The first-order valence-corrected chi connectivity index (χ1v) is 11.7. The third-order valence-electron chi connectivity index (χ3n) is 3.71. The van der Waals surface area contributed by atoms with E-state index in [1.807, 2.05) is 0 Å². The Morgan fingerprint density at radius 2 is 1.23 bits per heavy atom. The molecule has 2 heterocycles. The largest absolute Gasteiger partial charge is 0.112 e. The van der Waals surface area contributed by atoms with Gasteiger partial charge in [0.15, 0.2) is 0 Å². The third-order valence-corrected chi connectivity index (χ3v) is 14.7. The lowest BCUT2D eigenvalue weighted by atomic mass is 9.99. The van der Waals surface area contributed by atoms with E-state index in [-0.39, 0.29) is 0 Å². The summed E-state index contributed by atoms with van der Waals surface area (Å²) in [5.41, 5.74) is 2.41. The molecule has 0 amide bonds. The van der Waals surface area contributed by atoms with Crippen molar-refractivity contribution < 1.29 is 0 Å². The summed E-state index contributed by atoms with van der Waals surface area (Å²) in [6.07, 6.45) is 9.47. The molecule has 0 unspecified atom stereocenters. The lowest BCUT2D eigenvalue weighted by Crippen LogP contribution is -2.36. The molecule has 76 valence electrons. The van der Waals surface area contributed by atoms with Gasteiger partial charge in [-0.2, -0.15) is 0 Å². The van der Waals surface area contributed by atoms with Crippen LogP contribution in [0.2, 0.25) is 19.6 Å². The molecule has 0 atom stereocenters. The highest BCUT2D eigenvalue weighted by Gasteiger charge is 2.42. The highest BCUT2D eigenvalue weighted by atomic mass is 31.4. The van der Waals surface area contributed by atoms with Crippen LogP contribution in [0.25, 0.3) is 0 Å². The van der Waals surface area contributed by atoms with Gasteiger partial charge in [0.05, 0.1) is 7.74 Å². The molecule has 2 saturated heterocycles. The molecule has 0 aromatic rings. The zero-order chi connectivity index (χ0) is 9.47. The Kier molecular flexibility index (Phi) is 2.87. The average molecular weight is 214 g/mol. The van der Waals surface area contributed by atoms with Gasteiger partial charge in [0.1, 0.15) is 0 Å². The van der Waals surface area contributed by atoms with Gasteiger partial charge in [-0.15, -0.1) is 7.47 Å². The van der Waals surface area contributed by atoms with Gasteiger partial charge >= 0.3 is 0 Å². The van der Waals surface area contributed by atoms with E-state index in [1.54, 1.807) is 38.5 Å². The van der Waals surface area contributed by atoms with Crippen molar-refractivity contribution in [3.8, 4) is 0 Å². The molecule has 0 N–H and O–H groups in total. The molecule has 2 aliphatic heterocycles. The molecule has 13 heavy (non-hydrogen) atoms. The number of rotatable bonds is 1. The summed E-state index contributed by atoms with van der Waals surface area (Å²) in [5.74, 6) is 0. The summed E-state index contributed by atoms with van der Waals surface area (Å²) < 4.78 is 0. The predicted molar refractivity (Wildman–Crippen MR) is 65.5 cm³/mol. The molecule has 0 aliphatic carbocycles. The van der Waals surface area contributed by atoms with Crippen LogP contribution in [0.5, 0.6) is 0 Å². The summed E-state index contributed by atoms with van der Waals surface area (Å²) >= 11 is 0. The Hall–Kier alpha value is 0.647. The van der Waals surface area contributed by atoms with Crippen LogP contribution in [0.15, 0.2) is 0 Å². The van der Waals surface area contributed by atoms with Crippen LogP contribution in [-0.4, -0.2) is 19.1 Å². The highest BCUT2D eigenvalue weighted by molar-refractivity contribution is 7.95. The van der Waals surface area contributed by atoms with Crippen molar-refractivity contribution in [1.82, 2.24) is 0 Å². The fourth-order valence-corrected chi connectivity index (χ4v) is 16.2. The maximum Gasteiger partial charge on any atom is 0.0726 e. The number of hydrogen-bond donors (Lipinski definition) is 0. The molecular formula is C11H23PSi. The normalized spacial score (nSPS) is 40.4. The molecule has 0 saturated carbocycles. The molecule has 2 bridgehead atoms. The first kappa shape index (κ1) is 10.2. The SMILES string of the molecule is C[Si](C)(C)P1C2CCCC1CCC2. The molecule has 2 aliphatic rings. The molecule has 2 heteroatoms. The fraction of sp³-hybridized carbons (Fsp3) is 1.00. The lowest BCUT2D eigenvalue weighted by molar-refractivity contribution is 0.480. The first-order valence-electron chi connectivity index (χ1n) is 5.87. The maximum atomic E-state index is 2.62. The Morgan fingerprint density at radius 1 is 0.846 bits per heavy atom. The van der Waals surface area contributed by atoms with Gasteiger partial charge in [0.25, 0.3) is 0 Å². The van der Waals surface area contributed by atoms with Crippen molar-refractivity contribution in [3.63, 3.8) is 0 Å². The Bertz CT molecular complexity index is 163. The predicted octanol–water partition coefficient (Wildman–Crippen LogP) is 4.41. The minimum Gasteiger partial charge on any atom is -0.112 e. The van der Waals surface area contributed by atoms with Crippen molar-refractivity contribution in [3.05, 3.63) is 0 Å². The van der Waals surface area contributed by atoms with Crippen molar-refractivity contribution in [2.24, 2.45) is 0 Å². The summed E-state index contributed by atoms with van der Waals surface area (Å²) in [4.78, 5) is 0. The first-order chi connectivity index (χ1) is 6.09. The highest BCUT2D eigenvalue weighted by Crippen LogP contribution is 2.64. The van der Waals surface area contributed by atoms with Gasteiger partial charge in [-0.3, -0.25) is 0 Å². The zero-order valence-electron chi connectivity index (χ0n) is 9.34. The average Bonchev–Trinajstić information content (AvgIpc) is 2.01. The Labute approximate surface area is 85.1 Å². The van der Waals surface area contributed by atoms with E-state index in [1.165, 1.54) is 11.3 Å². The summed E-state index contributed by atoms with van der Waals surface area (Å²) in [6, 6.07) is 0. The van der Waals surface area contributed by atoms with Gasteiger partial charge < -0.3 is 0 Å². The zero-order valence-corrected chi connectivity index (χ0v) is 11.2. The van der Waals surface area contributed by atoms with E-state index < -0.39 is 7.74 Å². The molecule has 0 nitrogen and oxygen atoms in total. The quantitative estimate of drug-likeness (QED) is 0.448. The maximum absolute atomic E-state index is 2.62. The van der Waals surface area contributed by atoms with E-state index in [9.17, 15) is 0 Å². The van der Waals surface area contributed by atoms with E-state index in [4.69, 9.17) is 0 Å². The Balaban J connectivity index is 2.15. The van der Waals surface area contributed by atoms with Crippen molar-refractivity contribution >= 4 is 15.2 Å². The van der Waals surface area contributed by atoms with Crippen LogP contribution in [0.3, 0.4) is 0 Å². The fourth-order valence-electron chi connectivity index (χ4n) is 3.42. The van der Waals surface area contributed by atoms with E-state index in [0.717, 1.165) is 0 Å². The van der Waals surface area contributed by atoms with Crippen LogP contribution in [-0.2, 0) is 0 Å². The van der Waals surface area contributed by atoms with E-state index >= 15 is 0 Å². The lowest BCUT2D eigenvalue weighted by Gasteiger charge is -2.49. The smallest absolute Gasteiger partial charge is 0.0726 e. The van der Waals surface area contributed by atoms with Gasteiger partial charge in [-0.1, -0.05) is 32.5 Å². The van der Waals surface area contributed by atoms with Gasteiger partial charge in [-0.05, 0) is 37.0 Å². The summed E-state index contributed by atoms with van der Waals surface area (Å²) in [7, 11) is -0.299. The summed E-state index contributed by atoms with van der Waals surface area (Å²) in [5, 5.41) is 0. The monoisotopic (exact) mass is 214 g/mol. The van der Waals surface area contributed by atoms with Crippen molar-refractivity contribution in [1.29, 1.82) is 0 Å². The van der Waals surface area contributed by atoms with E-state index in [0.29, 0.717) is 7.47 Å². The number of fused-ring (bicyclic) bond motifs is 2. The van der Waals surface area contributed by atoms with Crippen LogP contribution < -0.4 is 0 Å². The van der Waals surface area contributed by atoms with Crippen molar-refractivity contribution in [2.45, 2.75) is 69.5 Å². The second kappa shape index (κ2) is 3.66. The molecule has 0 radical (unpaired) electrons.